The number of nitrogens with zero attached hydrogens (tertiary/aromatic N) is 3. The molecule has 1 fully saturated rings. The van der Waals surface area contributed by atoms with Crippen LogP contribution in [-0.4, -0.2) is 45.1 Å². The number of carbonyl (C=O) groups is 2. The van der Waals surface area contributed by atoms with Crippen LogP contribution < -0.4 is 10.9 Å². The third-order valence-electron chi connectivity index (χ3n) is 6.15. The van der Waals surface area contributed by atoms with E-state index in [4.69, 9.17) is 4.98 Å². The number of fused-ring (bicyclic) bond motifs is 1. The maximum absolute atomic E-state index is 13.0. The summed E-state index contributed by atoms with van der Waals surface area (Å²) in [5.74, 6) is 0.148. The van der Waals surface area contributed by atoms with Gasteiger partial charge in [-0.2, -0.15) is 0 Å². The van der Waals surface area contributed by atoms with Gasteiger partial charge in [0.1, 0.15) is 4.83 Å². The normalized spacial score (nSPS) is 14.6. The van der Waals surface area contributed by atoms with Crippen LogP contribution in [0.2, 0.25) is 0 Å². The van der Waals surface area contributed by atoms with E-state index in [1.165, 1.54) is 23.1 Å². The van der Waals surface area contributed by atoms with Crippen LogP contribution in [0.25, 0.3) is 10.2 Å². The summed E-state index contributed by atoms with van der Waals surface area (Å²) in [5.41, 5.74) is 1.74. The van der Waals surface area contributed by atoms with Gasteiger partial charge < -0.3 is 10.2 Å². The number of amides is 2. The van der Waals surface area contributed by atoms with Gasteiger partial charge in [0.2, 0.25) is 11.8 Å². The van der Waals surface area contributed by atoms with Crippen LogP contribution in [0, 0.1) is 19.8 Å². The second-order valence-electron chi connectivity index (χ2n) is 8.21. The van der Waals surface area contributed by atoms with Gasteiger partial charge in [0.05, 0.1) is 11.1 Å². The Morgan fingerprint density at radius 2 is 1.88 bits per heavy atom. The predicted octanol–water partition coefficient (Wildman–Crippen LogP) is 4.06. The van der Waals surface area contributed by atoms with Crippen molar-refractivity contribution in [2.75, 3.05) is 24.2 Å². The highest BCUT2D eigenvalue weighted by atomic mass is 32.2. The number of carbonyl (C=O) groups excluding carboxylic acids is 2. The van der Waals surface area contributed by atoms with Crippen LogP contribution in [-0.2, 0) is 16.1 Å². The Hall–Kier alpha value is -2.65. The average molecular weight is 485 g/mol. The molecule has 33 heavy (non-hydrogen) atoms. The van der Waals surface area contributed by atoms with Crippen LogP contribution >= 0.6 is 23.1 Å². The molecule has 0 aliphatic carbocycles. The van der Waals surface area contributed by atoms with Crippen LogP contribution in [0.1, 0.15) is 30.2 Å². The van der Waals surface area contributed by atoms with Crippen molar-refractivity contribution in [3.8, 4) is 0 Å². The van der Waals surface area contributed by atoms with E-state index in [0.717, 1.165) is 21.0 Å². The monoisotopic (exact) mass is 484 g/mol. The van der Waals surface area contributed by atoms with E-state index in [9.17, 15) is 14.4 Å². The minimum atomic E-state index is -0.0958. The lowest BCUT2D eigenvalue weighted by Crippen LogP contribution is -2.42. The van der Waals surface area contributed by atoms with E-state index in [2.05, 4.69) is 5.32 Å². The van der Waals surface area contributed by atoms with Crippen molar-refractivity contribution in [1.82, 2.24) is 14.5 Å². The number of nitrogens with one attached hydrogen (secondary N) is 1. The molecular formula is C24H28N4O3S2. The van der Waals surface area contributed by atoms with Gasteiger partial charge in [0, 0.05) is 36.1 Å². The molecule has 1 saturated heterocycles. The lowest BCUT2D eigenvalue weighted by atomic mass is 9.96. The molecule has 4 rings (SSSR count). The highest BCUT2D eigenvalue weighted by Crippen LogP contribution is 2.29. The fourth-order valence-electron chi connectivity index (χ4n) is 4.07. The van der Waals surface area contributed by atoms with Gasteiger partial charge in [-0.1, -0.05) is 30.0 Å². The van der Waals surface area contributed by atoms with Gasteiger partial charge in [-0.3, -0.25) is 19.0 Å². The molecule has 9 heteroatoms. The van der Waals surface area contributed by atoms with Crippen molar-refractivity contribution < 1.29 is 9.59 Å². The van der Waals surface area contributed by atoms with Crippen LogP contribution in [0.4, 0.5) is 5.69 Å². The van der Waals surface area contributed by atoms with Crippen molar-refractivity contribution in [2.45, 2.75) is 45.3 Å². The lowest BCUT2D eigenvalue weighted by molar-refractivity contribution is -0.132. The SMILES string of the molecule is CCn1c(SCC(=O)N2CCC(C(=O)Nc3ccccc3)CC2)nc2sc(C)c(C)c2c1=O. The summed E-state index contributed by atoms with van der Waals surface area (Å²) in [5, 5.41) is 4.23. The minimum Gasteiger partial charge on any atom is -0.342 e. The zero-order valence-electron chi connectivity index (χ0n) is 19.1. The maximum atomic E-state index is 13.0. The highest BCUT2D eigenvalue weighted by molar-refractivity contribution is 7.99. The van der Waals surface area contributed by atoms with Crippen molar-refractivity contribution in [3.05, 3.63) is 51.1 Å². The zero-order chi connectivity index (χ0) is 23.5. The van der Waals surface area contributed by atoms with Gasteiger partial charge in [-0.25, -0.2) is 4.98 Å². The second-order valence-corrected chi connectivity index (χ2v) is 10.4. The molecule has 2 aromatic heterocycles. The molecule has 0 radical (unpaired) electrons. The number of aromatic nitrogens is 2. The number of likely N-dealkylation sites (tertiary alicyclic amines) is 1. The first-order valence-electron chi connectivity index (χ1n) is 11.2. The molecule has 3 heterocycles. The maximum Gasteiger partial charge on any atom is 0.263 e. The standard InChI is InChI=1S/C24H28N4O3S2/c1-4-28-23(31)20-15(2)16(3)33-22(20)26-24(28)32-14-19(29)27-12-10-17(11-13-27)21(30)25-18-8-6-5-7-9-18/h5-9,17H,4,10-14H2,1-3H3,(H,25,30). The molecule has 3 aromatic rings. The molecule has 174 valence electrons. The Labute approximate surface area is 201 Å². The lowest BCUT2D eigenvalue weighted by Gasteiger charge is -2.31. The Bertz CT molecular complexity index is 1230. The summed E-state index contributed by atoms with van der Waals surface area (Å²) in [6.45, 7) is 7.50. The summed E-state index contributed by atoms with van der Waals surface area (Å²) in [7, 11) is 0. The topological polar surface area (TPSA) is 84.3 Å². The van der Waals surface area contributed by atoms with Gasteiger partial charge in [-0.05, 0) is 51.3 Å². The van der Waals surface area contributed by atoms with Crippen molar-refractivity contribution in [3.63, 3.8) is 0 Å². The average Bonchev–Trinajstić information content (AvgIpc) is 3.11. The Kier molecular flexibility index (Phi) is 7.19. The molecule has 1 N–H and O–H groups in total. The smallest absolute Gasteiger partial charge is 0.263 e. The molecule has 0 spiro atoms. The second kappa shape index (κ2) is 10.1. The van der Waals surface area contributed by atoms with Crippen LogP contribution in [0.3, 0.4) is 0 Å². The minimum absolute atomic E-state index is 0.00803. The summed E-state index contributed by atoms with van der Waals surface area (Å²) in [6.07, 6.45) is 1.29. The molecule has 0 atom stereocenters. The molecule has 1 aliphatic heterocycles. The number of para-hydroxylation sites is 1. The summed E-state index contributed by atoms with van der Waals surface area (Å²) >= 11 is 2.84. The predicted molar refractivity (Wildman–Crippen MR) is 134 cm³/mol. The van der Waals surface area contributed by atoms with Gasteiger partial charge >= 0.3 is 0 Å². The fourth-order valence-corrected chi connectivity index (χ4v) is 6.11. The Balaban J connectivity index is 1.36. The molecule has 1 aromatic carbocycles. The largest absolute Gasteiger partial charge is 0.342 e. The number of thioether (sulfide) groups is 1. The quantitative estimate of drug-likeness (QED) is 0.421. The van der Waals surface area contributed by atoms with E-state index >= 15 is 0 Å². The van der Waals surface area contributed by atoms with Crippen molar-refractivity contribution >= 4 is 50.8 Å². The van der Waals surface area contributed by atoms with E-state index in [1.807, 2.05) is 56.0 Å². The molecule has 0 unspecified atom stereocenters. The zero-order valence-corrected chi connectivity index (χ0v) is 20.7. The molecule has 1 aliphatic rings. The first-order chi connectivity index (χ1) is 15.9. The number of anilines is 1. The number of thiophene rings is 1. The van der Waals surface area contributed by atoms with E-state index in [1.54, 1.807) is 4.57 Å². The molecular weight excluding hydrogens is 456 g/mol. The third-order valence-corrected chi connectivity index (χ3v) is 8.22. The highest BCUT2D eigenvalue weighted by Gasteiger charge is 2.27. The summed E-state index contributed by atoms with van der Waals surface area (Å²) < 4.78 is 1.65. The number of benzene rings is 1. The summed E-state index contributed by atoms with van der Waals surface area (Å²) in [6, 6.07) is 9.43. The van der Waals surface area contributed by atoms with Gasteiger partial charge in [0.15, 0.2) is 5.16 Å². The van der Waals surface area contributed by atoms with E-state index in [-0.39, 0.29) is 29.0 Å². The first-order valence-corrected chi connectivity index (χ1v) is 13.0. The fraction of sp³-hybridized carbons (Fsp3) is 0.417. The molecule has 7 nitrogen and oxygen atoms in total. The van der Waals surface area contributed by atoms with Crippen LogP contribution in [0.15, 0.2) is 40.3 Å². The van der Waals surface area contributed by atoms with E-state index in [0.29, 0.717) is 43.0 Å². The Morgan fingerprint density at radius 1 is 1.18 bits per heavy atom. The first kappa shape index (κ1) is 23.5. The van der Waals surface area contributed by atoms with Gasteiger partial charge in [0.25, 0.3) is 5.56 Å². The Morgan fingerprint density at radius 3 is 2.55 bits per heavy atom. The molecule has 0 bridgehead atoms. The number of piperidine rings is 1. The van der Waals surface area contributed by atoms with E-state index < -0.39 is 0 Å². The number of hydrogen-bond donors (Lipinski definition) is 1. The number of rotatable bonds is 6. The third kappa shape index (κ3) is 4.99. The van der Waals surface area contributed by atoms with Crippen molar-refractivity contribution in [2.24, 2.45) is 5.92 Å². The van der Waals surface area contributed by atoms with Gasteiger partial charge in [-0.15, -0.1) is 11.3 Å². The molecule has 0 saturated carbocycles. The number of aryl methyl sites for hydroxylation is 2. The van der Waals surface area contributed by atoms with Crippen LogP contribution in [0.5, 0.6) is 0 Å². The summed E-state index contributed by atoms with van der Waals surface area (Å²) in [4.78, 5) is 46.7. The molecule has 2 amide bonds. The van der Waals surface area contributed by atoms with Crippen molar-refractivity contribution in [1.29, 1.82) is 0 Å². The number of hydrogen-bond acceptors (Lipinski definition) is 6.